The first-order valence-electron chi connectivity index (χ1n) is 4.60. The van der Waals surface area contributed by atoms with Crippen molar-refractivity contribution < 1.29 is 24.9 Å². The van der Waals surface area contributed by atoms with Gasteiger partial charge in [-0.3, -0.25) is 4.79 Å². The van der Waals surface area contributed by atoms with Crippen molar-refractivity contribution in [1.29, 1.82) is 0 Å². The van der Waals surface area contributed by atoms with E-state index in [1.54, 1.807) is 0 Å². The number of aliphatic hydroxyl groups excluding tert-OH is 2. The number of hydrogen-bond donors (Lipinski definition) is 3. The smallest absolute Gasteiger partial charge is 0.300 e. The molecule has 0 fully saturated rings. The third kappa shape index (κ3) is 22.5. The molecule has 3 N–H and O–H groups in total. The number of aliphatic carboxylic acids is 1. The summed E-state index contributed by atoms with van der Waals surface area (Å²) in [6, 6.07) is 0. The molecule has 1 atom stereocenters. The van der Waals surface area contributed by atoms with Gasteiger partial charge in [-0.2, -0.15) is 0 Å². The molecule has 5 heteroatoms. The van der Waals surface area contributed by atoms with Crippen LogP contribution in [-0.2, 0) is 9.53 Å². The summed E-state index contributed by atoms with van der Waals surface area (Å²) in [4.78, 5) is 9.00. The number of rotatable bonds is 6. The van der Waals surface area contributed by atoms with E-state index in [0.29, 0.717) is 13.0 Å². The summed E-state index contributed by atoms with van der Waals surface area (Å²) in [7, 11) is 0. The number of carbonyl (C=O) groups is 1. The van der Waals surface area contributed by atoms with E-state index < -0.39 is 12.1 Å². The quantitative estimate of drug-likeness (QED) is 0.544. The van der Waals surface area contributed by atoms with Crippen molar-refractivity contribution in [2.75, 3.05) is 19.8 Å². The van der Waals surface area contributed by atoms with E-state index in [4.69, 9.17) is 24.9 Å². The van der Waals surface area contributed by atoms with Crippen LogP contribution < -0.4 is 0 Å². The summed E-state index contributed by atoms with van der Waals surface area (Å²) >= 11 is 0. The van der Waals surface area contributed by atoms with E-state index in [0.717, 1.165) is 20.0 Å². The van der Waals surface area contributed by atoms with E-state index >= 15 is 0 Å². The topological polar surface area (TPSA) is 87.0 Å². The van der Waals surface area contributed by atoms with Crippen LogP contribution in [0.1, 0.15) is 26.7 Å². The minimum Gasteiger partial charge on any atom is -0.481 e. The number of aliphatic hydroxyl groups is 2. The van der Waals surface area contributed by atoms with Crippen molar-refractivity contribution in [3.63, 3.8) is 0 Å². The summed E-state index contributed by atoms with van der Waals surface area (Å²) in [5.41, 5.74) is 0. The molecule has 0 aliphatic heterocycles. The average Bonchev–Trinajstić information content (AvgIpc) is 2.11. The van der Waals surface area contributed by atoms with Gasteiger partial charge in [0.25, 0.3) is 5.97 Å². The number of carboxylic acids is 1. The second-order valence-electron chi connectivity index (χ2n) is 2.69. The van der Waals surface area contributed by atoms with E-state index in [9.17, 15) is 0 Å². The lowest BCUT2D eigenvalue weighted by Crippen LogP contribution is -2.12. The minimum atomic E-state index is -0.833. The van der Waals surface area contributed by atoms with Crippen molar-refractivity contribution >= 4 is 5.97 Å². The van der Waals surface area contributed by atoms with Gasteiger partial charge in [-0.15, -0.1) is 0 Å². The molecule has 0 amide bonds. The molecule has 0 aromatic heterocycles. The van der Waals surface area contributed by atoms with Gasteiger partial charge < -0.3 is 20.1 Å². The third-order valence-corrected chi connectivity index (χ3v) is 1.24. The van der Waals surface area contributed by atoms with Crippen molar-refractivity contribution in [2.45, 2.75) is 32.8 Å². The van der Waals surface area contributed by atoms with Crippen molar-refractivity contribution in [1.82, 2.24) is 0 Å². The normalized spacial score (nSPS) is 11.4. The van der Waals surface area contributed by atoms with E-state index in [1.807, 2.05) is 6.92 Å². The summed E-state index contributed by atoms with van der Waals surface area (Å²) in [5.74, 6) is -0.833. The highest BCUT2D eigenvalue weighted by atomic mass is 16.5. The van der Waals surface area contributed by atoms with Crippen molar-refractivity contribution in [3.05, 3.63) is 0 Å². The number of ether oxygens (including phenoxy) is 1. The highest BCUT2D eigenvalue weighted by molar-refractivity contribution is 5.62. The second kappa shape index (κ2) is 12.3. The summed E-state index contributed by atoms with van der Waals surface area (Å²) in [6.07, 6.45) is 0.868. The van der Waals surface area contributed by atoms with Gasteiger partial charge in [0.15, 0.2) is 0 Å². The van der Waals surface area contributed by atoms with Gasteiger partial charge >= 0.3 is 0 Å². The number of carboxylic acid groups (broad SMARTS) is 1. The molecule has 0 heterocycles. The monoisotopic (exact) mass is 208 g/mol. The maximum Gasteiger partial charge on any atom is 0.300 e. The fourth-order valence-corrected chi connectivity index (χ4v) is 0.657. The van der Waals surface area contributed by atoms with Gasteiger partial charge in [-0.25, -0.2) is 0 Å². The molecule has 0 aromatic carbocycles. The van der Waals surface area contributed by atoms with Crippen LogP contribution >= 0.6 is 0 Å². The molecule has 0 aliphatic carbocycles. The van der Waals surface area contributed by atoms with Crippen LogP contribution in [0.4, 0.5) is 0 Å². The van der Waals surface area contributed by atoms with Gasteiger partial charge in [0.1, 0.15) is 0 Å². The Morgan fingerprint density at radius 3 is 2.36 bits per heavy atom. The molecule has 14 heavy (non-hydrogen) atoms. The molecule has 1 unspecified atom stereocenters. The lowest BCUT2D eigenvalue weighted by molar-refractivity contribution is -0.134. The fourth-order valence-electron chi connectivity index (χ4n) is 0.657. The van der Waals surface area contributed by atoms with Gasteiger partial charge in [0.05, 0.1) is 12.7 Å². The molecule has 0 spiro atoms. The first-order valence-corrected chi connectivity index (χ1v) is 4.60. The largest absolute Gasteiger partial charge is 0.481 e. The van der Waals surface area contributed by atoms with Gasteiger partial charge in [0, 0.05) is 20.1 Å². The Balaban J connectivity index is 0. The zero-order valence-corrected chi connectivity index (χ0v) is 8.77. The Morgan fingerprint density at radius 1 is 1.50 bits per heavy atom. The summed E-state index contributed by atoms with van der Waals surface area (Å²) in [5, 5.41) is 24.7. The van der Waals surface area contributed by atoms with E-state index in [-0.39, 0.29) is 6.61 Å². The predicted octanol–water partition coefficient (Wildman–Crippen LogP) is 0.247. The SMILES string of the molecule is CC(=O)O.CCOCCCC(O)CO. The van der Waals surface area contributed by atoms with Gasteiger partial charge in [-0.1, -0.05) is 0 Å². The zero-order chi connectivity index (χ0) is 11.4. The molecule has 0 saturated heterocycles. The molecule has 0 saturated carbocycles. The van der Waals surface area contributed by atoms with Gasteiger partial charge in [0.2, 0.25) is 0 Å². The number of hydrogen-bond acceptors (Lipinski definition) is 4. The maximum atomic E-state index is 9.00. The van der Waals surface area contributed by atoms with Crippen LogP contribution in [0, 0.1) is 0 Å². The lowest BCUT2D eigenvalue weighted by Gasteiger charge is -2.05. The predicted molar refractivity (Wildman–Crippen MR) is 52.1 cm³/mol. The Labute approximate surface area is 84.3 Å². The zero-order valence-electron chi connectivity index (χ0n) is 8.77. The molecule has 86 valence electrons. The fraction of sp³-hybridized carbons (Fsp3) is 0.889. The molecular formula is C9H20O5. The maximum absolute atomic E-state index is 9.00. The summed E-state index contributed by atoms with van der Waals surface area (Å²) in [6.45, 7) is 4.26. The molecular weight excluding hydrogens is 188 g/mol. The van der Waals surface area contributed by atoms with Crippen LogP contribution in [0.15, 0.2) is 0 Å². The van der Waals surface area contributed by atoms with Crippen LogP contribution in [0.25, 0.3) is 0 Å². The average molecular weight is 208 g/mol. The standard InChI is InChI=1S/C7H16O3.C2H4O2/c1-2-10-5-3-4-7(9)6-8;1-2(3)4/h7-9H,2-6H2,1H3;1H3,(H,3,4). The molecule has 0 bridgehead atoms. The lowest BCUT2D eigenvalue weighted by atomic mass is 10.2. The van der Waals surface area contributed by atoms with Crippen molar-refractivity contribution in [3.8, 4) is 0 Å². The van der Waals surface area contributed by atoms with Crippen LogP contribution in [0.3, 0.4) is 0 Å². The van der Waals surface area contributed by atoms with Crippen molar-refractivity contribution in [2.24, 2.45) is 0 Å². The molecule has 5 nitrogen and oxygen atoms in total. The molecule has 0 aromatic rings. The van der Waals surface area contributed by atoms with Crippen LogP contribution in [0.2, 0.25) is 0 Å². The Kier molecular flexibility index (Phi) is 13.9. The minimum absolute atomic E-state index is 0.147. The van der Waals surface area contributed by atoms with E-state index in [1.165, 1.54) is 0 Å². The molecule has 0 radical (unpaired) electrons. The highest BCUT2D eigenvalue weighted by Crippen LogP contribution is 1.95. The van der Waals surface area contributed by atoms with Crippen LogP contribution in [0.5, 0.6) is 0 Å². The Bertz CT molecular complexity index is 122. The van der Waals surface area contributed by atoms with E-state index in [2.05, 4.69) is 0 Å². The Morgan fingerprint density at radius 2 is 2.00 bits per heavy atom. The highest BCUT2D eigenvalue weighted by Gasteiger charge is 1.99. The van der Waals surface area contributed by atoms with Gasteiger partial charge in [-0.05, 0) is 19.8 Å². The van der Waals surface area contributed by atoms with Crippen LogP contribution in [-0.4, -0.2) is 47.2 Å². The first-order chi connectivity index (χ1) is 6.54. The Hall–Kier alpha value is -0.650. The third-order valence-electron chi connectivity index (χ3n) is 1.24. The molecule has 0 aliphatic rings. The first kappa shape index (κ1) is 15.8. The summed E-state index contributed by atoms with van der Waals surface area (Å²) < 4.78 is 5.04. The molecule has 0 rings (SSSR count). The second-order valence-corrected chi connectivity index (χ2v) is 2.69.